The number of Topliss-reactive ketones (excluding diaryl/α,β-unsaturated/α-hetero) is 1. The maximum atomic E-state index is 13.4. The molecule has 1 aliphatic rings. The SMILES string of the molecule is COc1c(OCCO)cc(C(=O)Cn2nc3c(C)c(C)c(OCC4CC4)nn3c2=N)cc1C(C)(C)C. The number of aromatic nitrogens is 4. The maximum Gasteiger partial charge on any atom is 0.242 e. The Morgan fingerprint density at radius 3 is 2.50 bits per heavy atom. The number of aryl methyl sites for hydroxylation is 1. The van der Waals surface area contributed by atoms with Crippen LogP contribution in [0.4, 0.5) is 0 Å². The van der Waals surface area contributed by atoms with Crippen LogP contribution in [0.2, 0.25) is 0 Å². The van der Waals surface area contributed by atoms with Crippen molar-refractivity contribution in [3.8, 4) is 17.4 Å². The van der Waals surface area contributed by atoms with Crippen LogP contribution in [-0.4, -0.2) is 57.2 Å². The molecule has 0 spiro atoms. The second-order valence-electron chi connectivity index (χ2n) is 10.3. The first kappa shape index (κ1) is 25.7. The van der Waals surface area contributed by atoms with Gasteiger partial charge in [-0.15, -0.1) is 10.2 Å². The molecule has 10 heteroatoms. The zero-order chi connectivity index (χ0) is 26.2. The van der Waals surface area contributed by atoms with Crippen LogP contribution in [0.15, 0.2) is 12.1 Å². The number of rotatable bonds is 10. The third-order valence-corrected chi connectivity index (χ3v) is 6.45. The Bertz CT molecular complexity index is 1350. The van der Waals surface area contributed by atoms with E-state index in [-0.39, 0.29) is 36.6 Å². The molecule has 0 aliphatic heterocycles. The van der Waals surface area contributed by atoms with Crippen molar-refractivity contribution in [1.29, 1.82) is 5.41 Å². The lowest BCUT2D eigenvalue weighted by atomic mass is 9.84. The van der Waals surface area contributed by atoms with Crippen LogP contribution in [0.1, 0.15) is 60.7 Å². The molecule has 1 saturated carbocycles. The van der Waals surface area contributed by atoms with E-state index >= 15 is 0 Å². The molecule has 2 heterocycles. The minimum Gasteiger partial charge on any atom is -0.493 e. The molecule has 2 aromatic heterocycles. The van der Waals surface area contributed by atoms with Gasteiger partial charge in [-0.3, -0.25) is 10.2 Å². The van der Waals surface area contributed by atoms with E-state index in [0.29, 0.717) is 41.1 Å². The number of nitrogens with zero attached hydrogens (tertiary/aromatic N) is 4. The molecule has 1 aromatic carbocycles. The zero-order valence-electron chi connectivity index (χ0n) is 21.8. The number of hydrogen-bond donors (Lipinski definition) is 2. The van der Waals surface area contributed by atoms with Gasteiger partial charge in [0.1, 0.15) is 13.2 Å². The lowest BCUT2D eigenvalue weighted by molar-refractivity contribution is 0.0964. The van der Waals surface area contributed by atoms with Gasteiger partial charge in [0.2, 0.25) is 11.5 Å². The van der Waals surface area contributed by atoms with Crippen LogP contribution >= 0.6 is 0 Å². The fourth-order valence-corrected chi connectivity index (χ4v) is 3.99. The van der Waals surface area contributed by atoms with Gasteiger partial charge in [-0.2, -0.15) is 4.52 Å². The summed E-state index contributed by atoms with van der Waals surface area (Å²) in [6.45, 7) is 10.3. The molecular formula is C26H35N5O5. The molecule has 0 amide bonds. The van der Waals surface area contributed by atoms with Gasteiger partial charge < -0.3 is 19.3 Å². The first-order chi connectivity index (χ1) is 17.0. The van der Waals surface area contributed by atoms with Crippen LogP contribution in [0.25, 0.3) is 5.65 Å². The first-order valence-electron chi connectivity index (χ1n) is 12.2. The fourth-order valence-electron chi connectivity index (χ4n) is 3.99. The quantitative estimate of drug-likeness (QED) is 0.413. The molecule has 0 saturated heterocycles. The molecule has 4 rings (SSSR count). The van der Waals surface area contributed by atoms with Crippen LogP contribution in [0, 0.1) is 25.2 Å². The summed E-state index contributed by atoms with van der Waals surface area (Å²) in [6, 6.07) is 3.41. The topological polar surface area (TPSA) is 124 Å². The molecule has 0 unspecified atom stereocenters. The Kier molecular flexibility index (Phi) is 7.08. The van der Waals surface area contributed by atoms with Gasteiger partial charge in [0.05, 0.1) is 20.3 Å². The summed E-state index contributed by atoms with van der Waals surface area (Å²) in [5.41, 5.74) is 3.12. The van der Waals surface area contributed by atoms with Crippen LogP contribution in [-0.2, 0) is 12.0 Å². The normalized spacial score (nSPS) is 13.8. The third-order valence-electron chi connectivity index (χ3n) is 6.45. The van der Waals surface area contributed by atoms with Crippen LogP contribution < -0.4 is 19.8 Å². The molecule has 0 atom stereocenters. The Hall–Kier alpha value is -3.40. The van der Waals surface area contributed by atoms with Crippen molar-refractivity contribution in [1.82, 2.24) is 19.4 Å². The number of hydrogen-bond acceptors (Lipinski definition) is 8. The number of aliphatic hydroxyl groups is 1. The van der Waals surface area contributed by atoms with E-state index < -0.39 is 0 Å². The van der Waals surface area contributed by atoms with Crippen molar-refractivity contribution in [3.05, 3.63) is 40.0 Å². The van der Waals surface area contributed by atoms with E-state index in [4.69, 9.17) is 19.6 Å². The second kappa shape index (κ2) is 9.93. The van der Waals surface area contributed by atoms with Crippen LogP contribution in [0.3, 0.4) is 0 Å². The third kappa shape index (κ3) is 5.09. The van der Waals surface area contributed by atoms with Crippen molar-refractivity contribution in [2.24, 2.45) is 5.92 Å². The summed E-state index contributed by atoms with van der Waals surface area (Å²) in [7, 11) is 1.55. The molecule has 194 valence electrons. The van der Waals surface area contributed by atoms with E-state index in [1.54, 1.807) is 19.2 Å². The predicted molar refractivity (Wildman–Crippen MR) is 133 cm³/mol. The number of aliphatic hydroxyl groups excluding tert-OH is 1. The zero-order valence-corrected chi connectivity index (χ0v) is 21.8. The molecule has 0 bridgehead atoms. The highest BCUT2D eigenvalue weighted by molar-refractivity contribution is 5.97. The minimum atomic E-state index is -0.328. The molecule has 1 fully saturated rings. The highest BCUT2D eigenvalue weighted by Crippen LogP contribution is 2.40. The average molecular weight is 498 g/mol. The second-order valence-corrected chi connectivity index (χ2v) is 10.3. The van der Waals surface area contributed by atoms with E-state index in [1.807, 2.05) is 34.6 Å². The number of nitrogens with one attached hydrogen (secondary N) is 1. The first-order valence-corrected chi connectivity index (χ1v) is 12.2. The lowest BCUT2D eigenvalue weighted by Crippen LogP contribution is -2.27. The Labute approximate surface area is 210 Å². The molecule has 1 aliphatic carbocycles. The molecule has 36 heavy (non-hydrogen) atoms. The molecule has 0 radical (unpaired) electrons. The van der Waals surface area contributed by atoms with E-state index in [1.165, 1.54) is 22.0 Å². The Morgan fingerprint density at radius 1 is 1.17 bits per heavy atom. The highest BCUT2D eigenvalue weighted by Gasteiger charge is 2.26. The highest BCUT2D eigenvalue weighted by atomic mass is 16.5. The maximum absolute atomic E-state index is 13.4. The summed E-state index contributed by atoms with van der Waals surface area (Å²) in [5, 5.41) is 26.9. The van der Waals surface area contributed by atoms with Gasteiger partial charge in [0, 0.05) is 22.3 Å². The summed E-state index contributed by atoms with van der Waals surface area (Å²) in [6.07, 6.45) is 2.35. The van der Waals surface area contributed by atoms with Crippen molar-refractivity contribution >= 4 is 11.4 Å². The van der Waals surface area contributed by atoms with Gasteiger partial charge in [-0.1, -0.05) is 20.8 Å². The number of ketones is 1. The molecular weight excluding hydrogens is 462 g/mol. The molecule has 10 nitrogen and oxygen atoms in total. The van der Waals surface area contributed by atoms with Gasteiger partial charge in [0.15, 0.2) is 22.9 Å². The summed E-state index contributed by atoms with van der Waals surface area (Å²) in [5.74, 6) is 1.75. The number of carbonyl (C=O) groups is 1. The molecule has 2 N–H and O–H groups in total. The number of fused-ring (bicyclic) bond motifs is 1. The van der Waals surface area contributed by atoms with Gasteiger partial charge in [0.25, 0.3) is 0 Å². The van der Waals surface area contributed by atoms with Crippen molar-refractivity contribution in [3.63, 3.8) is 0 Å². The van der Waals surface area contributed by atoms with Gasteiger partial charge >= 0.3 is 0 Å². The van der Waals surface area contributed by atoms with Crippen molar-refractivity contribution in [2.45, 2.75) is 59.4 Å². The fraction of sp³-hybridized carbons (Fsp3) is 0.538. The van der Waals surface area contributed by atoms with Crippen molar-refractivity contribution < 1.29 is 24.1 Å². The van der Waals surface area contributed by atoms with Gasteiger partial charge in [-0.05, 0) is 50.2 Å². The summed E-state index contributed by atoms with van der Waals surface area (Å²) < 4.78 is 20.0. The van der Waals surface area contributed by atoms with E-state index in [0.717, 1.165) is 16.7 Å². The van der Waals surface area contributed by atoms with Crippen LogP contribution in [0.5, 0.6) is 17.4 Å². The number of methoxy groups -OCH3 is 1. The number of ether oxygens (including phenoxy) is 3. The lowest BCUT2D eigenvalue weighted by Gasteiger charge is -2.25. The average Bonchev–Trinajstić information content (AvgIpc) is 3.62. The van der Waals surface area contributed by atoms with E-state index in [9.17, 15) is 9.90 Å². The number of benzene rings is 1. The summed E-state index contributed by atoms with van der Waals surface area (Å²) in [4.78, 5) is 13.4. The standard InChI is InChI=1S/C26H35N5O5/c1-15-16(2)24(36-14-17-7-8-17)29-31-23(15)28-30(25(31)27)13-20(33)18-11-19(26(3,4)5)22(34-6)21(12-18)35-10-9-32/h11-12,17,27,32H,7-10,13-14H2,1-6H3. The Balaban J connectivity index is 1.69. The monoisotopic (exact) mass is 497 g/mol. The predicted octanol–water partition coefficient (Wildman–Crippen LogP) is 2.98. The minimum absolute atomic E-state index is 0.0148. The Morgan fingerprint density at radius 2 is 1.89 bits per heavy atom. The number of carbonyl (C=O) groups excluding carboxylic acids is 1. The van der Waals surface area contributed by atoms with Crippen molar-refractivity contribution in [2.75, 3.05) is 26.9 Å². The smallest absolute Gasteiger partial charge is 0.242 e. The largest absolute Gasteiger partial charge is 0.493 e. The van der Waals surface area contributed by atoms with Gasteiger partial charge in [-0.25, -0.2) is 4.68 Å². The van der Waals surface area contributed by atoms with E-state index in [2.05, 4.69) is 10.2 Å². The molecule has 3 aromatic rings. The summed E-state index contributed by atoms with van der Waals surface area (Å²) >= 11 is 0.